The first-order valence-electron chi connectivity index (χ1n) is 5.63. The number of nitro groups is 1. The Morgan fingerprint density at radius 1 is 1.16 bits per heavy atom. The van der Waals surface area contributed by atoms with Gasteiger partial charge in [0, 0.05) is 18.8 Å². The van der Waals surface area contributed by atoms with Gasteiger partial charge in [-0.25, -0.2) is 0 Å². The molecule has 0 bridgehead atoms. The first-order valence-corrected chi connectivity index (χ1v) is 5.63. The molecule has 6 heteroatoms. The lowest BCUT2D eigenvalue weighted by Crippen LogP contribution is -2.11. The second-order valence-electron chi connectivity index (χ2n) is 4.10. The third-order valence-corrected chi connectivity index (χ3v) is 2.73. The highest BCUT2D eigenvalue weighted by Gasteiger charge is 2.11. The van der Waals surface area contributed by atoms with E-state index in [2.05, 4.69) is 0 Å². The molecule has 0 spiro atoms. The molecule has 1 heterocycles. The van der Waals surface area contributed by atoms with Crippen LogP contribution in [-0.4, -0.2) is 14.6 Å². The van der Waals surface area contributed by atoms with Crippen LogP contribution in [0.25, 0.3) is 0 Å². The minimum atomic E-state index is -0.687. The van der Waals surface area contributed by atoms with Gasteiger partial charge in [0.2, 0.25) is 0 Å². The molecule has 1 N–H and O–H groups in total. The van der Waals surface area contributed by atoms with E-state index in [9.17, 15) is 14.9 Å². The molecule has 0 radical (unpaired) electrons. The number of aliphatic hydroxyl groups excluding tert-OH is 1. The van der Waals surface area contributed by atoms with Gasteiger partial charge in [-0.3, -0.25) is 14.9 Å². The van der Waals surface area contributed by atoms with Gasteiger partial charge in [0.15, 0.2) is 0 Å². The van der Waals surface area contributed by atoms with E-state index in [1.165, 1.54) is 18.5 Å². The molecule has 0 amide bonds. The molecular formula is C13H12N2O4. The topological polar surface area (TPSA) is 85.4 Å². The molecule has 0 atom stereocenters. The van der Waals surface area contributed by atoms with Crippen LogP contribution >= 0.6 is 0 Å². The van der Waals surface area contributed by atoms with Crippen LogP contribution in [0.5, 0.6) is 0 Å². The molecule has 2 aromatic rings. The van der Waals surface area contributed by atoms with Gasteiger partial charge in [-0.05, 0) is 11.1 Å². The van der Waals surface area contributed by atoms with Crippen LogP contribution in [0.3, 0.4) is 0 Å². The molecule has 0 unspecified atom stereocenters. The van der Waals surface area contributed by atoms with Crippen LogP contribution in [0, 0.1) is 10.1 Å². The van der Waals surface area contributed by atoms with Gasteiger partial charge in [0.25, 0.3) is 5.43 Å². The van der Waals surface area contributed by atoms with Crippen LogP contribution in [0.1, 0.15) is 11.1 Å². The summed E-state index contributed by atoms with van der Waals surface area (Å²) in [4.78, 5) is 21.3. The van der Waals surface area contributed by atoms with Gasteiger partial charge in [-0.1, -0.05) is 24.3 Å². The number of pyridine rings is 1. The summed E-state index contributed by atoms with van der Waals surface area (Å²) < 4.78 is 1.58. The lowest BCUT2D eigenvalue weighted by atomic mass is 10.1. The first kappa shape index (κ1) is 13.0. The lowest BCUT2D eigenvalue weighted by molar-refractivity contribution is -0.386. The summed E-state index contributed by atoms with van der Waals surface area (Å²) >= 11 is 0. The van der Waals surface area contributed by atoms with Crippen LogP contribution in [0.15, 0.2) is 47.5 Å². The number of hydrogen-bond donors (Lipinski definition) is 1. The second kappa shape index (κ2) is 5.45. The quantitative estimate of drug-likeness (QED) is 0.663. The Morgan fingerprint density at radius 3 is 2.37 bits per heavy atom. The van der Waals surface area contributed by atoms with E-state index >= 15 is 0 Å². The van der Waals surface area contributed by atoms with Gasteiger partial charge in [0.05, 0.1) is 17.7 Å². The van der Waals surface area contributed by atoms with Crippen molar-refractivity contribution in [2.24, 2.45) is 0 Å². The average Bonchev–Trinajstić information content (AvgIpc) is 2.41. The van der Waals surface area contributed by atoms with Crippen molar-refractivity contribution in [1.29, 1.82) is 0 Å². The van der Waals surface area contributed by atoms with E-state index in [-0.39, 0.29) is 6.61 Å². The number of hydrogen-bond acceptors (Lipinski definition) is 4. The predicted molar refractivity (Wildman–Crippen MR) is 68.8 cm³/mol. The Kier molecular flexibility index (Phi) is 3.72. The fourth-order valence-corrected chi connectivity index (χ4v) is 1.71. The molecule has 0 aliphatic carbocycles. The van der Waals surface area contributed by atoms with Gasteiger partial charge >= 0.3 is 5.69 Å². The number of aliphatic hydroxyl groups is 1. The van der Waals surface area contributed by atoms with Gasteiger partial charge in [-0.2, -0.15) is 0 Å². The van der Waals surface area contributed by atoms with Crippen molar-refractivity contribution in [3.8, 4) is 0 Å². The highest BCUT2D eigenvalue weighted by atomic mass is 16.6. The molecule has 19 heavy (non-hydrogen) atoms. The Labute approximate surface area is 108 Å². The van der Waals surface area contributed by atoms with E-state index in [4.69, 9.17) is 5.11 Å². The van der Waals surface area contributed by atoms with Crippen molar-refractivity contribution in [3.05, 3.63) is 74.2 Å². The zero-order chi connectivity index (χ0) is 13.8. The van der Waals surface area contributed by atoms with Crippen molar-refractivity contribution < 1.29 is 10.0 Å². The molecule has 6 nitrogen and oxygen atoms in total. The highest BCUT2D eigenvalue weighted by Crippen LogP contribution is 2.08. The summed E-state index contributed by atoms with van der Waals surface area (Å²) in [5.41, 5.74) is 0.691. The van der Waals surface area contributed by atoms with Gasteiger partial charge < -0.3 is 9.67 Å². The average molecular weight is 260 g/mol. The number of rotatable bonds is 4. The number of benzene rings is 1. The Hall–Kier alpha value is -2.47. The van der Waals surface area contributed by atoms with Crippen LogP contribution in [0.4, 0.5) is 5.69 Å². The van der Waals surface area contributed by atoms with E-state index in [1.807, 2.05) is 12.1 Å². The van der Waals surface area contributed by atoms with E-state index in [0.29, 0.717) is 6.54 Å². The van der Waals surface area contributed by atoms with Crippen molar-refractivity contribution in [2.45, 2.75) is 13.2 Å². The maximum absolute atomic E-state index is 11.3. The van der Waals surface area contributed by atoms with Crippen LogP contribution < -0.4 is 5.43 Å². The van der Waals surface area contributed by atoms with E-state index in [1.54, 1.807) is 16.7 Å². The zero-order valence-corrected chi connectivity index (χ0v) is 10.0. The Balaban J connectivity index is 2.25. The molecular weight excluding hydrogens is 248 g/mol. The fraction of sp³-hybridized carbons (Fsp3) is 0.154. The number of nitrogens with zero attached hydrogens (tertiary/aromatic N) is 2. The SMILES string of the molecule is O=c1ccn(Cc2ccc(CO)cc2)cc1[N+](=O)[O-]. The largest absolute Gasteiger partial charge is 0.392 e. The zero-order valence-electron chi connectivity index (χ0n) is 10.0. The summed E-state index contributed by atoms with van der Waals surface area (Å²) in [6, 6.07) is 8.41. The van der Waals surface area contributed by atoms with Crippen molar-refractivity contribution in [2.75, 3.05) is 0 Å². The van der Waals surface area contributed by atoms with Crippen molar-refractivity contribution >= 4 is 5.69 Å². The molecule has 0 saturated carbocycles. The van der Waals surface area contributed by atoms with Crippen LogP contribution in [-0.2, 0) is 13.2 Å². The molecule has 0 saturated heterocycles. The summed E-state index contributed by atoms with van der Waals surface area (Å²) in [6.07, 6.45) is 2.73. The minimum Gasteiger partial charge on any atom is -0.392 e. The summed E-state index contributed by atoms with van der Waals surface area (Å²) in [5, 5.41) is 19.6. The fourth-order valence-electron chi connectivity index (χ4n) is 1.71. The normalized spacial score (nSPS) is 10.4. The third-order valence-electron chi connectivity index (χ3n) is 2.73. The maximum atomic E-state index is 11.3. The van der Waals surface area contributed by atoms with Crippen molar-refractivity contribution in [3.63, 3.8) is 0 Å². The smallest absolute Gasteiger partial charge is 0.332 e. The van der Waals surface area contributed by atoms with E-state index < -0.39 is 16.0 Å². The molecule has 1 aromatic carbocycles. The molecule has 0 aliphatic rings. The Bertz CT molecular complexity index is 646. The summed E-state index contributed by atoms with van der Waals surface area (Å²) in [5.74, 6) is 0. The number of aromatic nitrogens is 1. The summed E-state index contributed by atoms with van der Waals surface area (Å²) in [6.45, 7) is 0.399. The monoisotopic (exact) mass is 260 g/mol. The lowest BCUT2D eigenvalue weighted by Gasteiger charge is -2.06. The third kappa shape index (κ3) is 3.05. The Morgan fingerprint density at radius 2 is 1.79 bits per heavy atom. The van der Waals surface area contributed by atoms with Crippen LogP contribution in [0.2, 0.25) is 0 Å². The van der Waals surface area contributed by atoms with Crippen molar-refractivity contribution in [1.82, 2.24) is 4.57 Å². The minimum absolute atomic E-state index is 0.0240. The van der Waals surface area contributed by atoms with E-state index in [0.717, 1.165) is 11.1 Å². The molecule has 0 aliphatic heterocycles. The maximum Gasteiger partial charge on any atom is 0.332 e. The molecule has 1 aromatic heterocycles. The summed E-state index contributed by atoms with van der Waals surface area (Å²) in [7, 11) is 0. The molecule has 2 rings (SSSR count). The van der Waals surface area contributed by atoms with Gasteiger partial charge in [-0.15, -0.1) is 0 Å². The molecule has 98 valence electrons. The standard InChI is InChI=1S/C13H12N2O4/c16-9-11-3-1-10(2-4-11)7-14-6-5-13(17)12(8-14)15(18)19/h1-6,8,16H,7,9H2. The molecule has 0 fully saturated rings. The highest BCUT2D eigenvalue weighted by molar-refractivity contribution is 5.27. The van der Waals surface area contributed by atoms with Gasteiger partial charge in [0.1, 0.15) is 0 Å². The first-order chi connectivity index (χ1) is 9.10. The predicted octanol–water partition coefficient (Wildman–Crippen LogP) is 1.30. The second-order valence-corrected chi connectivity index (χ2v) is 4.10.